The van der Waals surface area contributed by atoms with Crippen molar-refractivity contribution in [2.45, 2.75) is 136 Å². The number of halogens is 1. The summed E-state index contributed by atoms with van der Waals surface area (Å²) in [6, 6.07) is 0. The van der Waals surface area contributed by atoms with Crippen molar-refractivity contribution in [2.75, 3.05) is 20.3 Å². The molecule has 2 unspecified atom stereocenters. The van der Waals surface area contributed by atoms with Gasteiger partial charge in [0, 0.05) is 37.9 Å². The Morgan fingerprint density at radius 2 is 1.76 bits per heavy atom. The van der Waals surface area contributed by atoms with E-state index in [0.717, 1.165) is 64.4 Å². The van der Waals surface area contributed by atoms with Gasteiger partial charge in [-0.1, -0.05) is 49.8 Å². The van der Waals surface area contributed by atoms with E-state index in [1.54, 1.807) is 0 Å². The Morgan fingerprint density at radius 1 is 1.05 bits per heavy atom. The summed E-state index contributed by atoms with van der Waals surface area (Å²) in [6.45, 7) is 10.1. The second kappa shape index (κ2) is 17.5. The van der Waals surface area contributed by atoms with Crippen molar-refractivity contribution in [1.29, 1.82) is 0 Å². The minimum Gasteiger partial charge on any atom is -0.469 e. The van der Waals surface area contributed by atoms with Crippen LogP contribution in [-0.4, -0.2) is 57.3 Å². The Labute approximate surface area is 248 Å². The molecule has 7 heteroatoms. The van der Waals surface area contributed by atoms with E-state index in [1.807, 2.05) is 0 Å². The van der Waals surface area contributed by atoms with Crippen molar-refractivity contribution in [3.8, 4) is 0 Å². The van der Waals surface area contributed by atoms with E-state index in [9.17, 15) is 4.79 Å². The molecule has 1 aliphatic carbocycles. The van der Waals surface area contributed by atoms with E-state index in [1.165, 1.54) is 12.7 Å². The number of hydrogen-bond acceptors (Lipinski definition) is 6. The molecule has 234 valence electrons. The summed E-state index contributed by atoms with van der Waals surface area (Å²) >= 11 is 0. The van der Waals surface area contributed by atoms with Gasteiger partial charge in [0.2, 0.25) is 0 Å². The first-order chi connectivity index (χ1) is 19.7. The minimum absolute atomic E-state index is 0.0899. The van der Waals surface area contributed by atoms with Gasteiger partial charge >= 0.3 is 5.97 Å². The molecule has 0 aromatic rings. The predicted molar refractivity (Wildman–Crippen MR) is 160 cm³/mol. The van der Waals surface area contributed by atoms with Crippen LogP contribution in [0.15, 0.2) is 36.0 Å². The van der Waals surface area contributed by atoms with Gasteiger partial charge in [0.15, 0.2) is 12.6 Å². The molecule has 7 atom stereocenters. The summed E-state index contributed by atoms with van der Waals surface area (Å²) in [4.78, 5) is 11.4. The highest BCUT2D eigenvalue weighted by Crippen LogP contribution is 2.42. The Morgan fingerprint density at radius 3 is 2.39 bits per heavy atom. The number of rotatable bonds is 15. The fraction of sp³-hybridized carbons (Fsp3) is 0.794. The molecule has 0 aromatic heterocycles. The average Bonchev–Trinajstić information content (AvgIpc) is 3.25. The number of hydrogen-bond donors (Lipinski definition) is 0. The topological polar surface area (TPSA) is 63.2 Å². The Balaban J connectivity index is 1.77. The third-order valence-corrected chi connectivity index (χ3v) is 8.62. The largest absolute Gasteiger partial charge is 0.469 e. The molecule has 2 heterocycles. The maximum atomic E-state index is 15.6. The summed E-state index contributed by atoms with van der Waals surface area (Å²) in [7, 11) is 1.41. The molecule has 3 aliphatic rings. The highest BCUT2D eigenvalue weighted by atomic mass is 19.1. The fourth-order valence-corrected chi connectivity index (χ4v) is 5.92. The Bertz CT molecular complexity index is 851. The van der Waals surface area contributed by atoms with Crippen molar-refractivity contribution in [1.82, 2.24) is 0 Å². The molecule has 0 radical (unpaired) electrons. The van der Waals surface area contributed by atoms with Gasteiger partial charge < -0.3 is 23.7 Å². The number of carbonyl (C=O) groups excluding carboxylic acids is 1. The first-order valence-electron chi connectivity index (χ1n) is 15.9. The summed E-state index contributed by atoms with van der Waals surface area (Å²) in [5.74, 6) is -0.479. The normalized spacial score (nSPS) is 30.1. The molecule has 2 saturated heterocycles. The van der Waals surface area contributed by atoms with Crippen LogP contribution in [0.3, 0.4) is 0 Å². The number of methoxy groups -OCH3 is 1. The molecule has 3 rings (SSSR count). The lowest BCUT2D eigenvalue weighted by Crippen LogP contribution is -2.36. The molecule has 0 bridgehead atoms. The van der Waals surface area contributed by atoms with Gasteiger partial charge in [-0.2, -0.15) is 0 Å². The Hall–Kier alpha value is -1.54. The Kier molecular flexibility index (Phi) is 14.5. The molecule has 2 aliphatic heterocycles. The highest BCUT2D eigenvalue weighted by molar-refractivity contribution is 5.69. The van der Waals surface area contributed by atoms with Gasteiger partial charge in [-0.25, -0.2) is 4.39 Å². The minimum atomic E-state index is -0.960. The van der Waals surface area contributed by atoms with Gasteiger partial charge in [-0.3, -0.25) is 4.79 Å². The first-order valence-corrected chi connectivity index (χ1v) is 15.9. The molecule has 3 fully saturated rings. The maximum Gasteiger partial charge on any atom is 0.305 e. The number of unbranched alkanes of at least 4 members (excludes halogenated alkanes) is 1. The quantitative estimate of drug-likeness (QED) is 0.111. The zero-order valence-corrected chi connectivity index (χ0v) is 26.2. The van der Waals surface area contributed by atoms with E-state index in [-0.39, 0.29) is 48.0 Å². The lowest BCUT2D eigenvalue weighted by molar-refractivity contribution is -0.197. The molecule has 6 nitrogen and oxygen atoms in total. The highest BCUT2D eigenvalue weighted by Gasteiger charge is 2.44. The van der Waals surface area contributed by atoms with Crippen LogP contribution in [0.2, 0.25) is 0 Å². The van der Waals surface area contributed by atoms with Crippen LogP contribution in [0.5, 0.6) is 0 Å². The van der Waals surface area contributed by atoms with Crippen LogP contribution >= 0.6 is 0 Å². The third kappa shape index (κ3) is 11.6. The second-order valence-electron chi connectivity index (χ2n) is 12.9. The third-order valence-electron chi connectivity index (χ3n) is 8.62. The molecular formula is C34H55FO6. The van der Waals surface area contributed by atoms with Crippen LogP contribution in [0.25, 0.3) is 0 Å². The summed E-state index contributed by atoms with van der Waals surface area (Å²) < 4.78 is 45.2. The monoisotopic (exact) mass is 578 g/mol. The average molecular weight is 579 g/mol. The molecule has 1 saturated carbocycles. The number of esters is 1. The second-order valence-corrected chi connectivity index (χ2v) is 12.9. The number of alkyl halides is 1. The zero-order valence-electron chi connectivity index (χ0n) is 26.2. The van der Waals surface area contributed by atoms with Crippen molar-refractivity contribution in [3.05, 3.63) is 36.0 Å². The number of ether oxygens (including phenoxy) is 5. The molecule has 0 aromatic carbocycles. The van der Waals surface area contributed by atoms with Crippen LogP contribution in [0.1, 0.15) is 105 Å². The smallest absolute Gasteiger partial charge is 0.305 e. The molecular weight excluding hydrogens is 523 g/mol. The molecule has 0 spiro atoms. The van der Waals surface area contributed by atoms with Crippen LogP contribution in [-0.2, 0) is 28.5 Å². The van der Waals surface area contributed by atoms with Crippen molar-refractivity contribution < 1.29 is 32.9 Å². The summed E-state index contributed by atoms with van der Waals surface area (Å²) in [6.07, 6.45) is 18.7. The van der Waals surface area contributed by atoms with Gasteiger partial charge in [-0.15, -0.1) is 0 Å². The SMILES string of the molecule is COC(=O)CCCC=CC[C@@H]1[C@@H](C=C[C@@H](OC2CCCCO2)C(C)(C)CC=C(C)C)[C@H](OC2CCCCO2)C[C@H]1F. The zero-order chi connectivity index (χ0) is 29.7. The van der Waals surface area contributed by atoms with Gasteiger partial charge in [0.25, 0.3) is 0 Å². The van der Waals surface area contributed by atoms with Gasteiger partial charge in [-0.05, 0) is 83.5 Å². The fourth-order valence-electron chi connectivity index (χ4n) is 5.92. The standard InChI is InChI=1S/C34H55FO6/c1-25(2)20-21-34(3,4)30(41-33-17-11-13-23-39-33)19-18-27-26(14-8-6-7-9-15-31(36)37-5)28(35)24-29(27)40-32-16-10-12-22-38-32/h6,8,18-20,26-30,32-33H,7,9-17,21-24H2,1-5H3/t26-,27-,28-,29-,30-,32?,33?/m1/s1. The summed E-state index contributed by atoms with van der Waals surface area (Å²) in [5.41, 5.74) is 1.12. The molecule has 0 N–H and O–H groups in total. The molecule has 0 amide bonds. The number of allylic oxidation sites excluding steroid dienone is 4. The van der Waals surface area contributed by atoms with Crippen LogP contribution in [0, 0.1) is 17.3 Å². The van der Waals surface area contributed by atoms with E-state index < -0.39 is 6.17 Å². The van der Waals surface area contributed by atoms with Crippen LogP contribution < -0.4 is 0 Å². The van der Waals surface area contributed by atoms with E-state index >= 15 is 4.39 Å². The first kappa shape index (κ1) is 34.0. The lowest BCUT2D eigenvalue weighted by Gasteiger charge is -2.36. The van der Waals surface area contributed by atoms with E-state index in [2.05, 4.69) is 58.1 Å². The van der Waals surface area contributed by atoms with Crippen molar-refractivity contribution in [2.24, 2.45) is 17.3 Å². The molecule has 41 heavy (non-hydrogen) atoms. The maximum absolute atomic E-state index is 15.6. The summed E-state index contributed by atoms with van der Waals surface area (Å²) in [5, 5.41) is 0. The van der Waals surface area contributed by atoms with Crippen LogP contribution in [0.4, 0.5) is 4.39 Å². The van der Waals surface area contributed by atoms with Gasteiger partial charge in [0.05, 0.1) is 19.3 Å². The van der Waals surface area contributed by atoms with Gasteiger partial charge in [0.1, 0.15) is 6.17 Å². The van der Waals surface area contributed by atoms with Crippen molar-refractivity contribution in [3.63, 3.8) is 0 Å². The van der Waals surface area contributed by atoms with Crippen molar-refractivity contribution >= 4 is 5.97 Å². The predicted octanol–water partition coefficient (Wildman–Crippen LogP) is 8.01. The number of carbonyl (C=O) groups is 1. The van der Waals surface area contributed by atoms with E-state index in [4.69, 9.17) is 23.7 Å². The van der Waals surface area contributed by atoms with E-state index in [0.29, 0.717) is 25.9 Å². The lowest BCUT2D eigenvalue weighted by atomic mass is 9.81.